The summed E-state index contributed by atoms with van der Waals surface area (Å²) in [5, 5.41) is 19.2. The number of aliphatic imine (C=N–C) groups is 1. The molecule has 0 bridgehead atoms. The number of para-hydroxylation sites is 2. The number of benzene rings is 2. The largest absolute Gasteiger partial charge is 0.480 e. The molecule has 4 amide bonds. The van der Waals surface area contributed by atoms with Crippen LogP contribution >= 0.6 is 0 Å². The van der Waals surface area contributed by atoms with E-state index in [9.17, 15) is 29.1 Å². The molecule has 2 aromatic heterocycles. The number of nitrogens with one attached hydrogen (secondary N) is 5. The average Bonchev–Trinajstić information content (AvgIpc) is 3.65. The van der Waals surface area contributed by atoms with Crippen LogP contribution in [-0.4, -0.2) is 81.3 Å². The molecule has 0 fully saturated rings. The van der Waals surface area contributed by atoms with Crippen LogP contribution in [0.3, 0.4) is 0 Å². The number of hydrogen-bond donors (Lipinski definition) is 10. The number of nitrogens with two attached hydrogens (primary N) is 4. The van der Waals surface area contributed by atoms with Crippen LogP contribution < -0.4 is 38.9 Å². The number of carbonyl (C=O) groups is 5. The van der Waals surface area contributed by atoms with Gasteiger partial charge in [0.2, 0.25) is 23.6 Å². The Balaban J connectivity index is 1.54. The number of amides is 4. The lowest BCUT2D eigenvalue weighted by atomic mass is 10.0. The molecule has 14 N–H and O–H groups in total. The number of aromatic nitrogens is 2. The average molecular weight is 661 g/mol. The Hall–Kier alpha value is -5.90. The fourth-order valence-electron chi connectivity index (χ4n) is 5.33. The van der Waals surface area contributed by atoms with E-state index in [1.165, 1.54) is 0 Å². The number of hydrogen-bond acceptors (Lipinski definition) is 7. The lowest BCUT2D eigenvalue weighted by Gasteiger charge is -2.25. The molecule has 0 radical (unpaired) electrons. The van der Waals surface area contributed by atoms with E-state index >= 15 is 0 Å². The maximum atomic E-state index is 13.8. The van der Waals surface area contributed by atoms with Gasteiger partial charge in [0.15, 0.2) is 5.96 Å². The number of guanidine groups is 1. The first-order chi connectivity index (χ1) is 22.9. The molecule has 2 heterocycles. The van der Waals surface area contributed by atoms with Crippen molar-refractivity contribution in [3.8, 4) is 0 Å². The summed E-state index contributed by atoms with van der Waals surface area (Å²) in [5.41, 5.74) is 24.9. The van der Waals surface area contributed by atoms with E-state index in [0.29, 0.717) is 17.5 Å². The number of aliphatic carboxylic acids is 1. The van der Waals surface area contributed by atoms with Gasteiger partial charge in [0.25, 0.3) is 0 Å². The highest BCUT2D eigenvalue weighted by Crippen LogP contribution is 2.21. The normalized spacial score (nSPS) is 13.6. The minimum absolute atomic E-state index is 0.0414. The Bertz CT molecular complexity index is 1810. The number of carboxylic acid groups (broad SMARTS) is 1. The Morgan fingerprint density at radius 1 is 0.729 bits per heavy atom. The van der Waals surface area contributed by atoms with Crippen molar-refractivity contribution in [2.45, 2.75) is 56.3 Å². The van der Waals surface area contributed by atoms with Crippen LogP contribution in [0.2, 0.25) is 0 Å². The zero-order chi connectivity index (χ0) is 34.8. The zero-order valence-corrected chi connectivity index (χ0v) is 26.1. The van der Waals surface area contributed by atoms with Crippen LogP contribution in [0, 0.1) is 0 Å². The molecule has 4 atom stereocenters. The lowest BCUT2D eigenvalue weighted by Crippen LogP contribution is -2.58. The van der Waals surface area contributed by atoms with Gasteiger partial charge in [0, 0.05) is 53.6 Å². The van der Waals surface area contributed by atoms with E-state index in [0.717, 1.165) is 21.8 Å². The Morgan fingerprint density at radius 3 is 1.77 bits per heavy atom. The summed E-state index contributed by atoms with van der Waals surface area (Å²) >= 11 is 0. The first-order valence-corrected chi connectivity index (χ1v) is 15.3. The number of rotatable bonds is 17. The number of fused-ring (bicyclic) bond motifs is 2. The van der Waals surface area contributed by atoms with Crippen LogP contribution in [0.1, 0.15) is 30.4 Å². The molecule has 0 aliphatic rings. The Labute approximate surface area is 275 Å². The number of carbonyl (C=O) groups excluding carboxylic acids is 4. The third-order valence-corrected chi connectivity index (χ3v) is 7.79. The molecule has 0 aliphatic carbocycles. The summed E-state index contributed by atoms with van der Waals surface area (Å²) in [6, 6.07) is 9.47. The van der Waals surface area contributed by atoms with Crippen molar-refractivity contribution in [3.63, 3.8) is 0 Å². The standard InChI is InChI=1S/C32H40N10O6/c33-21(8-5-11-37-32(35)36)28(44)40-25(14-27(34)43)30(46)41-24(12-17-15-38-22-9-3-1-6-19(17)22)29(45)42-26(31(47)48)13-18-16-39-23-10-4-2-7-20(18)23/h1-4,6-7,9-10,15-16,21,24-26,38-39H,5,8,11-14,33H2,(H2,34,43)(H,40,44)(H,41,46)(H,42,45)(H,47,48)(H4,35,36,37). The highest BCUT2D eigenvalue weighted by Gasteiger charge is 2.32. The maximum Gasteiger partial charge on any atom is 0.326 e. The van der Waals surface area contributed by atoms with Gasteiger partial charge in [-0.25, -0.2) is 4.79 Å². The minimum atomic E-state index is -1.47. The highest BCUT2D eigenvalue weighted by molar-refractivity contribution is 5.97. The molecule has 48 heavy (non-hydrogen) atoms. The second kappa shape index (κ2) is 16.1. The van der Waals surface area contributed by atoms with Gasteiger partial charge in [0.05, 0.1) is 12.5 Å². The van der Waals surface area contributed by atoms with Gasteiger partial charge in [-0.15, -0.1) is 0 Å². The van der Waals surface area contributed by atoms with Gasteiger partial charge >= 0.3 is 5.97 Å². The number of aromatic amines is 2. The summed E-state index contributed by atoms with van der Waals surface area (Å²) in [6.45, 7) is 0.233. The van der Waals surface area contributed by atoms with Crippen molar-refractivity contribution in [1.82, 2.24) is 25.9 Å². The quantitative estimate of drug-likeness (QED) is 0.0386. The van der Waals surface area contributed by atoms with E-state index in [2.05, 4.69) is 30.9 Å². The summed E-state index contributed by atoms with van der Waals surface area (Å²) in [7, 11) is 0. The molecule has 2 aromatic carbocycles. The molecule has 0 saturated carbocycles. The van der Waals surface area contributed by atoms with Crippen molar-refractivity contribution in [1.29, 1.82) is 0 Å². The summed E-state index contributed by atoms with van der Waals surface area (Å²) in [6.07, 6.45) is 3.23. The number of nitrogens with zero attached hydrogens (tertiary/aromatic N) is 1. The molecular formula is C32H40N10O6. The van der Waals surface area contributed by atoms with E-state index in [4.69, 9.17) is 22.9 Å². The van der Waals surface area contributed by atoms with Crippen LogP contribution in [0.25, 0.3) is 21.8 Å². The molecule has 0 spiro atoms. The van der Waals surface area contributed by atoms with Gasteiger partial charge in [-0.1, -0.05) is 36.4 Å². The van der Waals surface area contributed by atoms with Crippen molar-refractivity contribution < 1.29 is 29.1 Å². The Kier molecular flexibility index (Phi) is 11.7. The van der Waals surface area contributed by atoms with Gasteiger partial charge in [-0.3, -0.25) is 24.2 Å². The predicted octanol–water partition coefficient (Wildman–Crippen LogP) is -0.770. The Morgan fingerprint density at radius 2 is 1.23 bits per heavy atom. The third-order valence-electron chi connectivity index (χ3n) is 7.79. The van der Waals surface area contributed by atoms with Crippen molar-refractivity contribution in [3.05, 3.63) is 72.1 Å². The van der Waals surface area contributed by atoms with Gasteiger partial charge in [-0.05, 0) is 36.1 Å². The first-order valence-electron chi connectivity index (χ1n) is 15.3. The van der Waals surface area contributed by atoms with Gasteiger partial charge in [0.1, 0.15) is 18.1 Å². The van der Waals surface area contributed by atoms with E-state index < -0.39 is 60.2 Å². The minimum Gasteiger partial charge on any atom is -0.480 e. The smallest absolute Gasteiger partial charge is 0.326 e. The van der Waals surface area contributed by atoms with Crippen LogP contribution in [0.5, 0.6) is 0 Å². The topological polar surface area (TPSA) is 290 Å². The molecular weight excluding hydrogens is 620 g/mol. The maximum absolute atomic E-state index is 13.8. The predicted molar refractivity (Wildman–Crippen MR) is 179 cm³/mol. The van der Waals surface area contributed by atoms with Gasteiger partial charge < -0.3 is 54.0 Å². The number of primary amides is 1. The lowest BCUT2D eigenvalue weighted by molar-refractivity contribution is -0.142. The molecule has 0 aliphatic heterocycles. The fraction of sp³-hybridized carbons (Fsp3) is 0.312. The summed E-state index contributed by atoms with van der Waals surface area (Å²) in [5.74, 6) is -4.69. The van der Waals surface area contributed by atoms with Crippen molar-refractivity contribution in [2.24, 2.45) is 27.9 Å². The van der Waals surface area contributed by atoms with Crippen molar-refractivity contribution in [2.75, 3.05) is 6.54 Å². The highest BCUT2D eigenvalue weighted by atomic mass is 16.4. The molecule has 16 heteroatoms. The molecule has 4 aromatic rings. The molecule has 0 saturated heterocycles. The number of H-pyrrole nitrogens is 2. The van der Waals surface area contributed by atoms with Crippen LogP contribution in [0.4, 0.5) is 0 Å². The SMILES string of the molecule is NC(=O)CC(NC(=O)C(N)CCCN=C(N)N)C(=O)NC(Cc1c[nH]c2ccccc12)C(=O)NC(Cc1c[nH]c2ccccc12)C(=O)O. The van der Waals surface area contributed by atoms with E-state index in [1.807, 2.05) is 48.5 Å². The third kappa shape index (κ3) is 9.32. The molecule has 4 rings (SSSR count). The van der Waals surface area contributed by atoms with Crippen molar-refractivity contribution >= 4 is 57.4 Å². The zero-order valence-electron chi connectivity index (χ0n) is 26.1. The monoisotopic (exact) mass is 660 g/mol. The van der Waals surface area contributed by atoms with Crippen LogP contribution in [-0.2, 0) is 36.8 Å². The number of carboxylic acids is 1. The van der Waals surface area contributed by atoms with Gasteiger partial charge in [-0.2, -0.15) is 0 Å². The first kappa shape index (κ1) is 35.0. The fourth-order valence-corrected chi connectivity index (χ4v) is 5.33. The van der Waals surface area contributed by atoms with E-state index in [1.54, 1.807) is 12.4 Å². The summed E-state index contributed by atoms with van der Waals surface area (Å²) in [4.78, 5) is 74.5. The second-order valence-corrected chi connectivity index (χ2v) is 11.4. The van der Waals surface area contributed by atoms with Crippen LogP contribution in [0.15, 0.2) is 65.9 Å². The summed E-state index contributed by atoms with van der Waals surface area (Å²) < 4.78 is 0. The molecule has 254 valence electrons. The second-order valence-electron chi connectivity index (χ2n) is 11.4. The van der Waals surface area contributed by atoms with E-state index in [-0.39, 0.29) is 31.8 Å². The molecule has 4 unspecified atom stereocenters. The molecule has 16 nitrogen and oxygen atoms in total.